The molecule has 21 heavy (non-hydrogen) atoms. The number of pyridine rings is 1. The maximum atomic E-state index is 6.22. The van der Waals surface area contributed by atoms with Crippen molar-refractivity contribution >= 4 is 23.1 Å². The molecule has 1 aromatic carbocycles. The number of para-hydroxylation sites is 1. The number of aryl methyl sites for hydroxylation is 3. The van der Waals surface area contributed by atoms with E-state index >= 15 is 0 Å². The molecule has 1 unspecified atom stereocenters. The second-order valence-corrected chi connectivity index (χ2v) is 6.17. The normalized spacial score (nSPS) is 17.7. The van der Waals surface area contributed by atoms with E-state index in [1.165, 1.54) is 16.8 Å². The molecule has 110 valence electrons. The van der Waals surface area contributed by atoms with Crippen LogP contribution in [0, 0.1) is 13.8 Å². The molecule has 0 fully saturated rings. The molecule has 0 spiro atoms. The van der Waals surface area contributed by atoms with Crippen LogP contribution in [0.25, 0.3) is 0 Å². The molecule has 0 radical (unpaired) electrons. The van der Waals surface area contributed by atoms with E-state index in [1.54, 1.807) is 0 Å². The van der Waals surface area contributed by atoms with Gasteiger partial charge in [-0.2, -0.15) is 0 Å². The van der Waals surface area contributed by atoms with Crippen molar-refractivity contribution in [2.24, 2.45) is 0 Å². The summed E-state index contributed by atoms with van der Waals surface area (Å²) in [5, 5.41) is 0. The van der Waals surface area contributed by atoms with Gasteiger partial charge < -0.3 is 4.90 Å². The number of anilines is 2. The van der Waals surface area contributed by atoms with Gasteiger partial charge in [0.2, 0.25) is 0 Å². The first-order chi connectivity index (χ1) is 10.1. The van der Waals surface area contributed by atoms with Crippen LogP contribution in [0.15, 0.2) is 30.3 Å². The molecule has 2 heterocycles. The minimum atomic E-state index is 0.440. The lowest BCUT2D eigenvalue weighted by molar-refractivity contribution is 0.611. The third-order valence-electron chi connectivity index (χ3n) is 4.34. The molecule has 3 heteroatoms. The SMILES string of the molecule is Cc1cc(C)c(CCl)c(N2c3ccccc3CCC2C)n1. The lowest BCUT2D eigenvalue weighted by Crippen LogP contribution is -2.34. The van der Waals surface area contributed by atoms with Crippen LogP contribution in [0.1, 0.15) is 35.7 Å². The Hall–Kier alpha value is -1.54. The largest absolute Gasteiger partial charge is 0.323 e. The molecule has 0 amide bonds. The number of aromatic nitrogens is 1. The van der Waals surface area contributed by atoms with Crippen molar-refractivity contribution < 1.29 is 0 Å². The predicted molar refractivity (Wildman–Crippen MR) is 89.6 cm³/mol. The summed E-state index contributed by atoms with van der Waals surface area (Å²) in [6.07, 6.45) is 2.28. The summed E-state index contributed by atoms with van der Waals surface area (Å²) < 4.78 is 0. The number of hydrogen-bond donors (Lipinski definition) is 0. The maximum Gasteiger partial charge on any atom is 0.138 e. The molecule has 2 nitrogen and oxygen atoms in total. The van der Waals surface area contributed by atoms with Gasteiger partial charge in [0.1, 0.15) is 5.82 Å². The number of nitrogens with zero attached hydrogens (tertiary/aromatic N) is 2. The first-order valence-corrected chi connectivity index (χ1v) is 8.05. The van der Waals surface area contributed by atoms with Crippen LogP contribution in [0.5, 0.6) is 0 Å². The Bertz CT molecular complexity index is 666. The van der Waals surface area contributed by atoms with Gasteiger partial charge in [0.25, 0.3) is 0 Å². The maximum absolute atomic E-state index is 6.22. The monoisotopic (exact) mass is 300 g/mol. The Kier molecular flexibility index (Phi) is 3.90. The van der Waals surface area contributed by atoms with Gasteiger partial charge in [-0.1, -0.05) is 18.2 Å². The first-order valence-electron chi connectivity index (χ1n) is 7.52. The number of benzene rings is 1. The fourth-order valence-corrected chi connectivity index (χ4v) is 3.55. The summed E-state index contributed by atoms with van der Waals surface area (Å²) in [5.41, 5.74) is 6.09. The van der Waals surface area contributed by atoms with Crippen molar-refractivity contribution in [2.75, 3.05) is 4.90 Å². The zero-order valence-corrected chi connectivity index (χ0v) is 13.6. The Labute approximate surface area is 131 Å². The van der Waals surface area contributed by atoms with Crippen molar-refractivity contribution in [3.8, 4) is 0 Å². The van der Waals surface area contributed by atoms with Crippen LogP contribution in [0.3, 0.4) is 0 Å². The highest BCUT2D eigenvalue weighted by Crippen LogP contribution is 2.38. The van der Waals surface area contributed by atoms with Crippen molar-refractivity contribution in [3.05, 3.63) is 52.7 Å². The molecule has 1 aliphatic rings. The van der Waals surface area contributed by atoms with E-state index < -0.39 is 0 Å². The predicted octanol–water partition coefficient (Wildman–Crippen LogP) is 4.91. The van der Waals surface area contributed by atoms with E-state index in [4.69, 9.17) is 16.6 Å². The molecule has 0 aliphatic carbocycles. The molecular weight excluding hydrogens is 280 g/mol. The first kappa shape index (κ1) is 14.4. The Morgan fingerprint density at radius 1 is 1.29 bits per heavy atom. The zero-order chi connectivity index (χ0) is 15.0. The summed E-state index contributed by atoms with van der Waals surface area (Å²) in [6, 6.07) is 11.2. The van der Waals surface area contributed by atoms with Crippen LogP contribution in [0.4, 0.5) is 11.5 Å². The zero-order valence-electron chi connectivity index (χ0n) is 12.9. The minimum absolute atomic E-state index is 0.440. The van der Waals surface area contributed by atoms with E-state index in [9.17, 15) is 0 Å². The molecule has 0 saturated carbocycles. The van der Waals surface area contributed by atoms with E-state index in [1.807, 2.05) is 0 Å². The second kappa shape index (κ2) is 5.69. The summed E-state index contributed by atoms with van der Waals surface area (Å²) in [7, 11) is 0. The van der Waals surface area contributed by atoms with Crippen LogP contribution in [0.2, 0.25) is 0 Å². The van der Waals surface area contributed by atoms with Crippen molar-refractivity contribution in [3.63, 3.8) is 0 Å². The molecule has 2 aromatic rings. The molecule has 3 rings (SSSR count). The van der Waals surface area contributed by atoms with Gasteiger partial charge >= 0.3 is 0 Å². The fraction of sp³-hybridized carbons (Fsp3) is 0.389. The van der Waals surface area contributed by atoms with E-state index in [2.05, 4.69) is 56.0 Å². The van der Waals surface area contributed by atoms with Gasteiger partial charge in [-0.3, -0.25) is 0 Å². The third-order valence-corrected chi connectivity index (χ3v) is 4.61. The van der Waals surface area contributed by atoms with Crippen LogP contribution in [-0.4, -0.2) is 11.0 Å². The topological polar surface area (TPSA) is 16.1 Å². The number of rotatable bonds is 2. The van der Waals surface area contributed by atoms with Crippen molar-refractivity contribution in [2.45, 2.75) is 45.5 Å². The lowest BCUT2D eigenvalue weighted by Gasteiger charge is -2.37. The summed E-state index contributed by atoms with van der Waals surface area (Å²) in [5.74, 6) is 1.53. The van der Waals surface area contributed by atoms with Gasteiger partial charge in [0, 0.05) is 23.0 Å². The third kappa shape index (κ3) is 2.53. The minimum Gasteiger partial charge on any atom is -0.323 e. The van der Waals surface area contributed by atoms with Gasteiger partial charge in [-0.15, -0.1) is 11.6 Å². The average Bonchev–Trinajstić information content (AvgIpc) is 2.46. The number of halogens is 1. The smallest absolute Gasteiger partial charge is 0.138 e. The molecule has 1 aromatic heterocycles. The fourth-order valence-electron chi connectivity index (χ4n) is 3.22. The molecular formula is C18H21ClN2. The van der Waals surface area contributed by atoms with Gasteiger partial charge in [-0.25, -0.2) is 4.98 Å². The second-order valence-electron chi connectivity index (χ2n) is 5.90. The van der Waals surface area contributed by atoms with Crippen LogP contribution in [-0.2, 0) is 12.3 Å². The average molecular weight is 301 g/mol. The summed E-state index contributed by atoms with van der Waals surface area (Å²) >= 11 is 6.22. The molecule has 0 N–H and O–H groups in total. The number of alkyl halides is 1. The highest BCUT2D eigenvalue weighted by atomic mass is 35.5. The quantitative estimate of drug-likeness (QED) is 0.733. The van der Waals surface area contributed by atoms with E-state index in [0.717, 1.165) is 29.9 Å². The molecule has 1 aliphatic heterocycles. The van der Waals surface area contributed by atoms with Crippen LogP contribution < -0.4 is 4.90 Å². The number of fused-ring (bicyclic) bond motifs is 1. The van der Waals surface area contributed by atoms with E-state index in [0.29, 0.717) is 11.9 Å². The standard InChI is InChI=1S/C18H21ClN2/c1-12-10-13(2)20-18(16(12)11-19)21-14(3)8-9-15-6-4-5-7-17(15)21/h4-7,10,14H,8-9,11H2,1-3H3. The van der Waals surface area contributed by atoms with Crippen molar-refractivity contribution in [1.82, 2.24) is 4.98 Å². The Morgan fingerprint density at radius 2 is 2.05 bits per heavy atom. The number of hydrogen-bond acceptors (Lipinski definition) is 2. The van der Waals surface area contributed by atoms with Gasteiger partial charge in [0.05, 0.1) is 5.88 Å². The highest BCUT2D eigenvalue weighted by molar-refractivity contribution is 6.17. The molecule has 0 bridgehead atoms. The molecule has 1 atom stereocenters. The Morgan fingerprint density at radius 3 is 2.81 bits per heavy atom. The summed E-state index contributed by atoms with van der Waals surface area (Å²) in [4.78, 5) is 7.19. The summed E-state index contributed by atoms with van der Waals surface area (Å²) in [6.45, 7) is 6.44. The van der Waals surface area contributed by atoms with Crippen molar-refractivity contribution in [1.29, 1.82) is 0 Å². The van der Waals surface area contributed by atoms with Crippen LogP contribution >= 0.6 is 11.6 Å². The van der Waals surface area contributed by atoms with Gasteiger partial charge in [-0.05, 0) is 56.9 Å². The lowest BCUT2D eigenvalue weighted by atomic mass is 9.95. The van der Waals surface area contributed by atoms with Gasteiger partial charge in [0.15, 0.2) is 0 Å². The molecule has 0 saturated heterocycles. The highest BCUT2D eigenvalue weighted by Gasteiger charge is 2.27. The van der Waals surface area contributed by atoms with E-state index in [-0.39, 0.29) is 0 Å². The Balaban J connectivity index is 2.20.